The summed E-state index contributed by atoms with van der Waals surface area (Å²) in [4.78, 5) is 30.7. The molecule has 2 amide bonds. The minimum Gasteiger partial charge on any atom is -0.389 e. The third kappa shape index (κ3) is 4.60. The van der Waals surface area contributed by atoms with E-state index in [9.17, 15) is 19.6 Å². The fraction of sp³-hybridized carbons (Fsp3) is 0.414. The van der Waals surface area contributed by atoms with Gasteiger partial charge in [-0.1, -0.05) is 11.3 Å². The van der Waals surface area contributed by atoms with Gasteiger partial charge in [0.15, 0.2) is 10.8 Å². The topological polar surface area (TPSA) is 118 Å². The van der Waals surface area contributed by atoms with Crippen LogP contribution in [0.2, 0.25) is 0 Å². The van der Waals surface area contributed by atoms with Crippen molar-refractivity contribution in [1.29, 1.82) is 5.26 Å². The maximum absolute atomic E-state index is 13.6. The van der Waals surface area contributed by atoms with Crippen molar-refractivity contribution in [2.24, 2.45) is 0 Å². The number of aryl methyl sites for hydroxylation is 1. The van der Waals surface area contributed by atoms with Crippen molar-refractivity contribution in [3.63, 3.8) is 0 Å². The number of carbonyl (C=O) groups is 1. The van der Waals surface area contributed by atoms with Gasteiger partial charge in [-0.25, -0.2) is 23.8 Å². The van der Waals surface area contributed by atoms with E-state index >= 15 is 0 Å². The second-order valence-corrected chi connectivity index (χ2v) is 12.1. The van der Waals surface area contributed by atoms with Crippen LogP contribution in [0.4, 0.5) is 25.8 Å². The third-order valence-corrected chi connectivity index (χ3v) is 9.22. The van der Waals surface area contributed by atoms with Crippen molar-refractivity contribution < 1.29 is 14.3 Å². The third-order valence-electron chi connectivity index (χ3n) is 8.18. The Labute approximate surface area is 246 Å². The van der Waals surface area contributed by atoms with E-state index in [0.29, 0.717) is 66.2 Å². The van der Waals surface area contributed by atoms with Crippen LogP contribution in [0.25, 0.3) is 22.3 Å². The number of anilines is 3. The largest absolute Gasteiger partial charge is 0.389 e. The van der Waals surface area contributed by atoms with Crippen LogP contribution in [0.15, 0.2) is 30.3 Å². The zero-order chi connectivity index (χ0) is 29.1. The molecule has 13 heteroatoms. The van der Waals surface area contributed by atoms with Crippen molar-refractivity contribution >= 4 is 45.0 Å². The van der Waals surface area contributed by atoms with E-state index in [0.717, 1.165) is 35.4 Å². The van der Waals surface area contributed by atoms with Crippen molar-refractivity contribution in [2.45, 2.75) is 31.9 Å². The normalized spacial score (nSPS) is 17.5. The Balaban J connectivity index is 1.21. The molecule has 0 unspecified atom stereocenters. The standard InChI is InChI=1S/C29H30FN9O2S/c1-17-23(36-9-11-37(12-10-36)29(41)38-15-21(40)16-38)13-22-26(32-17)34-39(20-7-8-20)27(22)35(2)28-33-25(24(14-31)42-28)18-3-5-19(30)6-4-18/h3-6,13,20-21,40H,7-12,15-16H2,1-2H3. The number of fused-ring (bicyclic) bond motifs is 1. The average molecular weight is 588 g/mol. The molecule has 11 nitrogen and oxygen atoms in total. The molecule has 2 aliphatic heterocycles. The lowest BCUT2D eigenvalue weighted by molar-refractivity contribution is 0.0145. The number of likely N-dealkylation sites (tertiary alicyclic amines) is 1. The van der Waals surface area contributed by atoms with Gasteiger partial charge in [0, 0.05) is 38.8 Å². The van der Waals surface area contributed by atoms with E-state index < -0.39 is 6.10 Å². The first kappa shape index (κ1) is 26.6. The second kappa shape index (κ2) is 10.2. The highest BCUT2D eigenvalue weighted by molar-refractivity contribution is 7.16. The Hall–Kier alpha value is -4.28. The molecular weight excluding hydrogens is 557 g/mol. The van der Waals surface area contributed by atoms with Gasteiger partial charge in [0.1, 0.15) is 28.3 Å². The minimum absolute atomic E-state index is 0.0138. The van der Waals surface area contributed by atoms with Crippen LogP contribution in [-0.2, 0) is 0 Å². The average Bonchev–Trinajstić information content (AvgIpc) is 3.63. The highest BCUT2D eigenvalue weighted by Gasteiger charge is 2.35. The molecule has 0 bridgehead atoms. The molecule has 0 spiro atoms. The first-order valence-corrected chi connectivity index (χ1v) is 14.9. The lowest BCUT2D eigenvalue weighted by Gasteiger charge is -2.42. The lowest BCUT2D eigenvalue weighted by atomic mass is 10.1. The molecule has 1 saturated carbocycles. The summed E-state index contributed by atoms with van der Waals surface area (Å²) in [5.41, 5.74) is 3.75. The van der Waals surface area contributed by atoms with Gasteiger partial charge < -0.3 is 24.7 Å². The SMILES string of the molecule is Cc1nc2nn(C3CC3)c(N(C)c3nc(-c4ccc(F)cc4)c(C#N)s3)c2cc1N1CCN(C(=O)N2CC(O)C2)CC1. The van der Waals surface area contributed by atoms with E-state index in [2.05, 4.69) is 17.0 Å². The van der Waals surface area contributed by atoms with Gasteiger partial charge in [0.05, 0.1) is 42.0 Å². The Kier molecular flexibility index (Phi) is 6.47. The van der Waals surface area contributed by atoms with Crippen LogP contribution < -0.4 is 9.80 Å². The minimum atomic E-state index is -0.412. The predicted octanol–water partition coefficient (Wildman–Crippen LogP) is 3.90. The van der Waals surface area contributed by atoms with Gasteiger partial charge in [-0.05, 0) is 50.1 Å². The maximum atomic E-state index is 13.6. The number of thiazole rings is 1. The molecule has 2 saturated heterocycles. The number of benzene rings is 1. The number of urea groups is 1. The number of hydrogen-bond donors (Lipinski definition) is 1. The molecule has 3 aromatic heterocycles. The number of aliphatic hydroxyl groups is 1. The van der Waals surface area contributed by atoms with E-state index in [1.54, 1.807) is 17.0 Å². The molecule has 7 rings (SSSR count). The van der Waals surface area contributed by atoms with Crippen LogP contribution in [-0.4, -0.2) is 93.1 Å². The first-order chi connectivity index (χ1) is 20.3. The Morgan fingerprint density at radius 3 is 2.48 bits per heavy atom. The Morgan fingerprint density at radius 1 is 1.12 bits per heavy atom. The molecule has 4 aromatic rings. The van der Waals surface area contributed by atoms with Gasteiger partial charge in [-0.3, -0.25) is 0 Å². The molecular formula is C29H30FN9O2S. The molecule has 0 atom stereocenters. The predicted molar refractivity (Wildman–Crippen MR) is 158 cm³/mol. The van der Waals surface area contributed by atoms with Crippen LogP contribution in [0.1, 0.15) is 29.5 Å². The van der Waals surface area contributed by atoms with Crippen molar-refractivity contribution in [3.8, 4) is 17.3 Å². The molecule has 0 radical (unpaired) electrons. The number of piperazine rings is 1. The number of nitrogens with zero attached hydrogens (tertiary/aromatic N) is 9. The molecule has 1 aromatic carbocycles. The maximum Gasteiger partial charge on any atom is 0.320 e. The molecule has 3 aliphatic rings. The number of nitriles is 1. The smallest absolute Gasteiger partial charge is 0.320 e. The van der Waals surface area contributed by atoms with Crippen molar-refractivity contribution in [3.05, 3.63) is 46.7 Å². The molecule has 5 heterocycles. The fourth-order valence-corrected chi connectivity index (χ4v) is 6.54. The van der Waals surface area contributed by atoms with Gasteiger partial charge >= 0.3 is 6.03 Å². The quantitative estimate of drug-likeness (QED) is 0.374. The van der Waals surface area contributed by atoms with Crippen LogP contribution in [0.5, 0.6) is 0 Å². The number of amides is 2. The molecule has 3 fully saturated rings. The van der Waals surface area contributed by atoms with Gasteiger partial charge in [-0.15, -0.1) is 0 Å². The number of hydrogen-bond acceptors (Lipinski definition) is 9. The zero-order valence-electron chi connectivity index (χ0n) is 23.4. The highest BCUT2D eigenvalue weighted by atomic mass is 32.1. The van der Waals surface area contributed by atoms with Crippen LogP contribution in [0, 0.1) is 24.1 Å². The number of aliphatic hydroxyl groups excluding tert-OH is 1. The summed E-state index contributed by atoms with van der Waals surface area (Å²) < 4.78 is 15.6. The first-order valence-electron chi connectivity index (χ1n) is 14.1. The van der Waals surface area contributed by atoms with E-state index in [1.807, 2.05) is 28.5 Å². The van der Waals surface area contributed by atoms with E-state index in [1.165, 1.54) is 23.5 Å². The lowest BCUT2D eigenvalue weighted by Crippen LogP contribution is -2.60. The number of halogens is 1. The van der Waals surface area contributed by atoms with E-state index in [4.69, 9.17) is 15.1 Å². The Morgan fingerprint density at radius 2 is 1.83 bits per heavy atom. The summed E-state index contributed by atoms with van der Waals surface area (Å²) in [6.45, 7) is 5.34. The molecule has 216 valence electrons. The summed E-state index contributed by atoms with van der Waals surface area (Å²) in [6, 6.07) is 10.7. The summed E-state index contributed by atoms with van der Waals surface area (Å²) in [5, 5.41) is 25.9. The van der Waals surface area contributed by atoms with E-state index in [-0.39, 0.29) is 17.9 Å². The number of aromatic nitrogens is 4. The van der Waals surface area contributed by atoms with Gasteiger partial charge in [0.2, 0.25) is 0 Å². The zero-order valence-corrected chi connectivity index (χ0v) is 24.2. The monoisotopic (exact) mass is 587 g/mol. The Bertz CT molecular complexity index is 1710. The van der Waals surface area contributed by atoms with Gasteiger partial charge in [0.25, 0.3) is 0 Å². The summed E-state index contributed by atoms with van der Waals surface area (Å²) in [6.07, 6.45) is 1.66. The second-order valence-electron chi connectivity index (χ2n) is 11.1. The summed E-state index contributed by atoms with van der Waals surface area (Å²) in [5.74, 6) is 0.530. The fourth-order valence-electron chi connectivity index (χ4n) is 5.70. The molecule has 1 N–H and O–H groups in total. The van der Waals surface area contributed by atoms with Crippen LogP contribution in [0.3, 0.4) is 0 Å². The molecule has 42 heavy (non-hydrogen) atoms. The number of β-amino-alcohol motifs (C(OH)–C–C–N with tert-alkyl or cyclic N) is 1. The van der Waals surface area contributed by atoms with Gasteiger partial charge in [-0.2, -0.15) is 10.4 Å². The molecule has 1 aliphatic carbocycles. The summed E-state index contributed by atoms with van der Waals surface area (Å²) in [7, 11) is 1.93. The number of rotatable bonds is 5. The number of carbonyl (C=O) groups excluding carboxylic acids is 1. The van der Waals surface area contributed by atoms with Crippen molar-refractivity contribution in [2.75, 3.05) is 56.1 Å². The number of pyridine rings is 1. The summed E-state index contributed by atoms with van der Waals surface area (Å²) >= 11 is 1.29. The van der Waals surface area contributed by atoms with Crippen LogP contribution >= 0.6 is 11.3 Å². The van der Waals surface area contributed by atoms with Crippen molar-refractivity contribution in [1.82, 2.24) is 29.5 Å². The highest BCUT2D eigenvalue weighted by Crippen LogP contribution is 2.44.